The van der Waals surface area contributed by atoms with E-state index in [1.807, 2.05) is 37.3 Å². The van der Waals surface area contributed by atoms with Crippen LogP contribution in [0, 0.1) is 0 Å². The van der Waals surface area contributed by atoms with Crippen LogP contribution in [0.5, 0.6) is 0 Å². The Bertz CT molecular complexity index is 592. The van der Waals surface area contributed by atoms with Gasteiger partial charge in [0.05, 0.1) is 18.7 Å². The van der Waals surface area contributed by atoms with E-state index in [0.717, 1.165) is 5.56 Å². The first kappa shape index (κ1) is 15.8. The molecule has 1 N–H and O–H groups in total. The highest BCUT2D eigenvalue weighted by atomic mass is 16.5. The van der Waals surface area contributed by atoms with Gasteiger partial charge in [-0.05, 0) is 24.1 Å². The summed E-state index contributed by atoms with van der Waals surface area (Å²) in [5, 5.41) is 2.63. The Labute approximate surface area is 129 Å². The number of carbonyl (C=O) groups excluding carboxylic acids is 2. The molecule has 0 bridgehead atoms. The van der Waals surface area contributed by atoms with Crippen molar-refractivity contribution in [1.82, 2.24) is 5.32 Å². The second-order valence-corrected chi connectivity index (χ2v) is 4.84. The number of furan rings is 1. The van der Waals surface area contributed by atoms with Crippen molar-refractivity contribution in [2.45, 2.75) is 25.8 Å². The highest BCUT2D eigenvalue weighted by Gasteiger charge is 2.20. The number of hydrogen-bond donors (Lipinski definition) is 1. The van der Waals surface area contributed by atoms with Gasteiger partial charge in [0, 0.05) is 0 Å². The topological polar surface area (TPSA) is 68.5 Å². The molecule has 0 saturated heterocycles. The zero-order valence-electron chi connectivity index (χ0n) is 12.5. The normalized spacial score (nSPS) is 11.7. The molecule has 0 aliphatic carbocycles. The fourth-order valence-electron chi connectivity index (χ4n) is 2.11. The molecule has 0 aliphatic rings. The predicted octanol–water partition coefficient (Wildman–Crippen LogP) is 2.63. The summed E-state index contributed by atoms with van der Waals surface area (Å²) in [5.74, 6) is -0.441. The molecule has 2 rings (SSSR count). The molecule has 1 unspecified atom stereocenters. The quantitative estimate of drug-likeness (QED) is 0.798. The number of carbonyl (C=O) groups is 2. The van der Waals surface area contributed by atoms with Crippen molar-refractivity contribution in [2.24, 2.45) is 0 Å². The average molecular weight is 301 g/mol. The third-order valence-electron chi connectivity index (χ3n) is 3.28. The lowest BCUT2D eigenvalue weighted by Crippen LogP contribution is -2.29. The van der Waals surface area contributed by atoms with Crippen molar-refractivity contribution in [3.63, 3.8) is 0 Å². The third kappa shape index (κ3) is 4.48. The number of nitrogens with one attached hydrogen (secondary N) is 1. The molecule has 0 aliphatic heterocycles. The molecule has 5 nitrogen and oxygen atoms in total. The number of esters is 1. The van der Waals surface area contributed by atoms with Crippen LogP contribution in [-0.4, -0.2) is 18.5 Å². The molecule has 22 heavy (non-hydrogen) atoms. The minimum atomic E-state index is -0.387. The molecule has 0 fully saturated rings. The highest BCUT2D eigenvalue weighted by Crippen LogP contribution is 2.20. The highest BCUT2D eigenvalue weighted by molar-refractivity contribution is 5.83. The Morgan fingerprint density at radius 3 is 2.59 bits per heavy atom. The Hall–Kier alpha value is -2.56. The Balaban J connectivity index is 1.79. The van der Waals surface area contributed by atoms with E-state index in [-0.39, 0.29) is 30.9 Å². The maximum Gasteiger partial charge on any atom is 0.313 e. The minimum absolute atomic E-state index is 0.277. The number of hydrogen-bond acceptors (Lipinski definition) is 4. The molecular weight excluding hydrogens is 282 g/mol. The first-order valence-corrected chi connectivity index (χ1v) is 7.21. The molecule has 1 aromatic heterocycles. The zero-order chi connectivity index (χ0) is 15.8. The van der Waals surface area contributed by atoms with Crippen LogP contribution in [0.4, 0.5) is 0 Å². The summed E-state index contributed by atoms with van der Waals surface area (Å²) >= 11 is 0. The van der Waals surface area contributed by atoms with Gasteiger partial charge in [-0.25, -0.2) is 0 Å². The van der Waals surface area contributed by atoms with Crippen molar-refractivity contribution in [2.75, 3.05) is 6.61 Å². The molecular formula is C17H19NO4. The van der Waals surface area contributed by atoms with Gasteiger partial charge in [-0.3, -0.25) is 9.59 Å². The van der Waals surface area contributed by atoms with Crippen LogP contribution in [0.2, 0.25) is 0 Å². The monoisotopic (exact) mass is 301 g/mol. The van der Waals surface area contributed by atoms with Gasteiger partial charge in [0.15, 0.2) is 6.61 Å². The van der Waals surface area contributed by atoms with Gasteiger partial charge in [0.1, 0.15) is 5.76 Å². The van der Waals surface area contributed by atoms with E-state index in [4.69, 9.17) is 9.15 Å². The van der Waals surface area contributed by atoms with Gasteiger partial charge in [0.2, 0.25) is 0 Å². The fourth-order valence-corrected chi connectivity index (χ4v) is 2.11. The Kier molecular flexibility index (Phi) is 5.77. The van der Waals surface area contributed by atoms with Crippen molar-refractivity contribution in [3.05, 3.63) is 60.1 Å². The minimum Gasteiger partial charge on any atom is -0.467 e. The van der Waals surface area contributed by atoms with Gasteiger partial charge < -0.3 is 14.5 Å². The molecule has 5 heteroatoms. The molecule has 1 aromatic carbocycles. The summed E-state index contributed by atoms with van der Waals surface area (Å²) in [7, 11) is 0. The summed E-state index contributed by atoms with van der Waals surface area (Å²) in [5.41, 5.74) is 0.894. The molecule has 1 atom stereocenters. The molecule has 1 amide bonds. The van der Waals surface area contributed by atoms with Crippen molar-refractivity contribution in [1.29, 1.82) is 0 Å². The van der Waals surface area contributed by atoms with E-state index in [0.29, 0.717) is 12.2 Å². The van der Waals surface area contributed by atoms with E-state index in [9.17, 15) is 9.59 Å². The predicted molar refractivity (Wildman–Crippen MR) is 81.0 cm³/mol. The van der Waals surface area contributed by atoms with Gasteiger partial charge in [-0.2, -0.15) is 0 Å². The van der Waals surface area contributed by atoms with E-state index in [1.165, 1.54) is 6.26 Å². The third-order valence-corrected chi connectivity index (χ3v) is 3.28. The molecule has 0 saturated carbocycles. The first-order chi connectivity index (χ1) is 10.7. The van der Waals surface area contributed by atoms with Gasteiger partial charge in [-0.1, -0.05) is 37.3 Å². The van der Waals surface area contributed by atoms with E-state index >= 15 is 0 Å². The van der Waals surface area contributed by atoms with Gasteiger partial charge in [-0.15, -0.1) is 0 Å². The first-order valence-electron chi connectivity index (χ1n) is 7.21. The largest absolute Gasteiger partial charge is 0.467 e. The van der Waals surface area contributed by atoms with Crippen LogP contribution >= 0.6 is 0 Å². The van der Waals surface area contributed by atoms with Gasteiger partial charge in [0.25, 0.3) is 5.91 Å². The Morgan fingerprint density at radius 1 is 1.18 bits per heavy atom. The second kappa shape index (κ2) is 8.02. The van der Waals surface area contributed by atoms with Crippen LogP contribution in [0.1, 0.15) is 30.6 Å². The summed E-state index contributed by atoms with van der Waals surface area (Å²) in [6, 6.07) is 12.9. The number of rotatable bonds is 7. The summed E-state index contributed by atoms with van der Waals surface area (Å²) in [6.45, 7) is 1.90. The summed E-state index contributed by atoms with van der Waals surface area (Å²) in [4.78, 5) is 23.8. The lowest BCUT2D eigenvalue weighted by atomic mass is 9.97. The van der Waals surface area contributed by atoms with E-state index < -0.39 is 0 Å². The van der Waals surface area contributed by atoms with Crippen molar-refractivity contribution in [3.8, 4) is 0 Å². The Morgan fingerprint density at radius 2 is 1.95 bits per heavy atom. The lowest BCUT2D eigenvalue weighted by Gasteiger charge is -2.14. The second-order valence-electron chi connectivity index (χ2n) is 4.84. The molecule has 116 valence electrons. The van der Waals surface area contributed by atoms with Crippen LogP contribution in [0.25, 0.3) is 0 Å². The summed E-state index contributed by atoms with van der Waals surface area (Å²) < 4.78 is 10.2. The summed E-state index contributed by atoms with van der Waals surface area (Å²) in [6.07, 6.45) is 2.16. The lowest BCUT2D eigenvalue weighted by molar-refractivity contribution is -0.150. The van der Waals surface area contributed by atoms with Crippen molar-refractivity contribution < 1.29 is 18.7 Å². The zero-order valence-corrected chi connectivity index (χ0v) is 12.5. The number of amides is 1. The van der Waals surface area contributed by atoms with E-state index in [1.54, 1.807) is 12.1 Å². The van der Waals surface area contributed by atoms with Crippen LogP contribution in [0.15, 0.2) is 53.1 Å². The molecule has 1 heterocycles. The standard InChI is InChI=1S/C17H19NO4/c1-2-15(13-7-4-3-5-8-13)17(20)22-12-16(19)18-11-14-9-6-10-21-14/h3-10,15H,2,11-12H2,1H3,(H,18,19). The van der Waals surface area contributed by atoms with Gasteiger partial charge >= 0.3 is 5.97 Å². The average Bonchev–Trinajstić information content (AvgIpc) is 3.06. The fraction of sp³-hybridized carbons (Fsp3) is 0.294. The molecule has 0 spiro atoms. The van der Waals surface area contributed by atoms with Crippen LogP contribution < -0.4 is 5.32 Å². The maximum absolute atomic E-state index is 12.1. The van der Waals surface area contributed by atoms with Crippen molar-refractivity contribution >= 4 is 11.9 Å². The maximum atomic E-state index is 12.1. The van der Waals surface area contributed by atoms with Crippen LogP contribution in [-0.2, 0) is 20.9 Å². The molecule has 0 radical (unpaired) electrons. The van der Waals surface area contributed by atoms with Crippen LogP contribution in [0.3, 0.4) is 0 Å². The van der Waals surface area contributed by atoms with E-state index in [2.05, 4.69) is 5.32 Å². The smallest absolute Gasteiger partial charge is 0.313 e. The number of benzene rings is 1. The number of ether oxygens (including phenoxy) is 1. The molecule has 2 aromatic rings. The SMILES string of the molecule is CCC(C(=O)OCC(=O)NCc1ccco1)c1ccccc1.